The van der Waals surface area contributed by atoms with E-state index in [9.17, 15) is 0 Å². The lowest BCUT2D eigenvalue weighted by molar-refractivity contribution is 0.682. The second kappa shape index (κ2) is 4.45. The van der Waals surface area contributed by atoms with Crippen LogP contribution in [0.1, 0.15) is 38.5 Å². The molecule has 0 aromatic heterocycles. The summed E-state index contributed by atoms with van der Waals surface area (Å²) in [7, 11) is 0. The van der Waals surface area contributed by atoms with Gasteiger partial charge in [-0.15, -0.1) is 0 Å². The fourth-order valence-electron chi connectivity index (χ4n) is 1.98. The van der Waals surface area contributed by atoms with Gasteiger partial charge in [0.05, 0.1) is 0 Å². The van der Waals surface area contributed by atoms with Crippen LogP contribution < -0.4 is 5.32 Å². The molecule has 13 heavy (non-hydrogen) atoms. The Kier molecular flexibility index (Phi) is 3.01. The first-order valence-corrected chi connectivity index (χ1v) is 5.40. The molecule has 0 aromatic carbocycles. The van der Waals surface area contributed by atoms with E-state index < -0.39 is 0 Å². The third kappa shape index (κ3) is 2.58. The number of nitrogens with one attached hydrogen (secondary N) is 1. The molecular formula is C11H18N2. The molecule has 1 heterocycles. The fourth-order valence-corrected chi connectivity index (χ4v) is 1.98. The lowest BCUT2D eigenvalue weighted by Gasteiger charge is -2.18. The number of amidine groups is 1. The number of hydrogen-bond acceptors (Lipinski definition) is 2. The van der Waals surface area contributed by atoms with Gasteiger partial charge < -0.3 is 5.32 Å². The summed E-state index contributed by atoms with van der Waals surface area (Å²) in [6, 6.07) is 0. The Balaban J connectivity index is 1.88. The molecule has 0 aromatic rings. The smallest absolute Gasteiger partial charge is 0.100 e. The van der Waals surface area contributed by atoms with Crippen LogP contribution in [-0.4, -0.2) is 18.9 Å². The molecule has 1 aliphatic heterocycles. The zero-order chi connectivity index (χ0) is 8.93. The molecular weight excluding hydrogens is 160 g/mol. The van der Waals surface area contributed by atoms with E-state index in [0.717, 1.165) is 19.5 Å². The van der Waals surface area contributed by atoms with Crippen LogP contribution in [-0.2, 0) is 0 Å². The first kappa shape index (κ1) is 8.79. The Morgan fingerprint density at radius 3 is 3.00 bits per heavy atom. The lowest BCUT2D eigenvalue weighted by atomic mass is 9.97. The molecule has 0 atom stereocenters. The lowest BCUT2D eigenvalue weighted by Crippen LogP contribution is -2.29. The average molecular weight is 178 g/mol. The predicted molar refractivity (Wildman–Crippen MR) is 56.1 cm³/mol. The molecule has 0 fully saturated rings. The Morgan fingerprint density at radius 1 is 1.31 bits per heavy atom. The van der Waals surface area contributed by atoms with Gasteiger partial charge in [0.15, 0.2) is 0 Å². The summed E-state index contributed by atoms with van der Waals surface area (Å²) in [5.41, 5.74) is 1.60. The topological polar surface area (TPSA) is 24.4 Å². The highest BCUT2D eigenvalue weighted by molar-refractivity contribution is 5.84. The van der Waals surface area contributed by atoms with Gasteiger partial charge in [-0.3, -0.25) is 4.99 Å². The predicted octanol–water partition coefficient (Wildman–Crippen LogP) is 2.27. The van der Waals surface area contributed by atoms with Gasteiger partial charge in [-0.2, -0.15) is 0 Å². The van der Waals surface area contributed by atoms with Crippen molar-refractivity contribution in [2.75, 3.05) is 13.1 Å². The zero-order valence-corrected chi connectivity index (χ0v) is 8.18. The molecule has 2 rings (SSSR count). The maximum absolute atomic E-state index is 4.49. The Morgan fingerprint density at radius 2 is 2.31 bits per heavy atom. The maximum Gasteiger partial charge on any atom is 0.100 e. The summed E-state index contributed by atoms with van der Waals surface area (Å²) < 4.78 is 0. The minimum atomic E-state index is 1.02. The van der Waals surface area contributed by atoms with Crippen LogP contribution in [0.3, 0.4) is 0 Å². The minimum absolute atomic E-state index is 1.02. The van der Waals surface area contributed by atoms with Crippen LogP contribution >= 0.6 is 0 Å². The Labute approximate surface area is 80.1 Å². The van der Waals surface area contributed by atoms with Crippen molar-refractivity contribution in [3.63, 3.8) is 0 Å². The molecule has 0 radical (unpaired) electrons. The van der Waals surface area contributed by atoms with Crippen molar-refractivity contribution in [3.8, 4) is 0 Å². The van der Waals surface area contributed by atoms with Gasteiger partial charge in [-0.1, -0.05) is 11.6 Å². The summed E-state index contributed by atoms with van der Waals surface area (Å²) >= 11 is 0. The largest absolute Gasteiger partial charge is 0.374 e. The van der Waals surface area contributed by atoms with E-state index in [2.05, 4.69) is 16.4 Å². The highest BCUT2D eigenvalue weighted by atomic mass is 15.0. The first-order valence-electron chi connectivity index (χ1n) is 5.40. The van der Waals surface area contributed by atoms with Crippen molar-refractivity contribution in [2.45, 2.75) is 38.5 Å². The standard InChI is InChI=1S/C11H18N2/c1-2-5-10(6-3-1)9-11-12-7-4-8-13-11/h5H,1-4,6-9H2,(H,12,13). The normalized spacial score (nSPS) is 23.1. The molecule has 2 nitrogen and oxygen atoms in total. The molecule has 0 amide bonds. The number of nitrogens with zero attached hydrogens (tertiary/aromatic N) is 1. The molecule has 0 spiro atoms. The summed E-state index contributed by atoms with van der Waals surface area (Å²) in [6.45, 7) is 2.14. The molecule has 72 valence electrons. The zero-order valence-electron chi connectivity index (χ0n) is 8.18. The van der Waals surface area contributed by atoms with Gasteiger partial charge in [0.2, 0.25) is 0 Å². The summed E-state index contributed by atoms with van der Waals surface area (Å²) in [5, 5.41) is 3.38. The van der Waals surface area contributed by atoms with Crippen LogP contribution in [0.4, 0.5) is 0 Å². The van der Waals surface area contributed by atoms with Gasteiger partial charge in [-0.25, -0.2) is 0 Å². The van der Waals surface area contributed by atoms with Crippen LogP contribution in [0.5, 0.6) is 0 Å². The van der Waals surface area contributed by atoms with Gasteiger partial charge in [-0.05, 0) is 32.1 Å². The molecule has 0 saturated heterocycles. The number of rotatable bonds is 2. The van der Waals surface area contributed by atoms with E-state index >= 15 is 0 Å². The van der Waals surface area contributed by atoms with E-state index in [1.807, 2.05) is 0 Å². The van der Waals surface area contributed by atoms with E-state index in [0.29, 0.717) is 0 Å². The second-order valence-electron chi connectivity index (χ2n) is 3.89. The van der Waals surface area contributed by atoms with Gasteiger partial charge in [0.1, 0.15) is 5.84 Å². The van der Waals surface area contributed by atoms with Gasteiger partial charge in [0, 0.05) is 19.5 Å². The van der Waals surface area contributed by atoms with Crippen molar-refractivity contribution in [1.82, 2.24) is 5.32 Å². The van der Waals surface area contributed by atoms with Gasteiger partial charge in [0.25, 0.3) is 0 Å². The van der Waals surface area contributed by atoms with Crippen molar-refractivity contribution in [3.05, 3.63) is 11.6 Å². The average Bonchev–Trinajstić information content (AvgIpc) is 2.21. The monoisotopic (exact) mass is 178 g/mol. The summed E-state index contributed by atoms with van der Waals surface area (Å²) in [4.78, 5) is 4.49. The fraction of sp³-hybridized carbons (Fsp3) is 0.727. The minimum Gasteiger partial charge on any atom is -0.374 e. The highest BCUT2D eigenvalue weighted by Gasteiger charge is 2.08. The quantitative estimate of drug-likeness (QED) is 0.644. The van der Waals surface area contributed by atoms with Gasteiger partial charge >= 0.3 is 0 Å². The van der Waals surface area contributed by atoms with Crippen molar-refractivity contribution < 1.29 is 0 Å². The van der Waals surface area contributed by atoms with Crippen molar-refractivity contribution in [1.29, 1.82) is 0 Å². The maximum atomic E-state index is 4.49. The van der Waals surface area contributed by atoms with Crippen LogP contribution in [0.2, 0.25) is 0 Å². The molecule has 0 bridgehead atoms. The molecule has 1 N–H and O–H groups in total. The van der Waals surface area contributed by atoms with Crippen LogP contribution in [0, 0.1) is 0 Å². The molecule has 0 saturated carbocycles. The number of allylic oxidation sites excluding steroid dienone is 1. The molecule has 1 aliphatic carbocycles. The summed E-state index contributed by atoms with van der Waals surface area (Å²) in [5.74, 6) is 1.22. The number of aliphatic imine (C=N–C) groups is 1. The third-order valence-corrected chi connectivity index (χ3v) is 2.75. The molecule has 2 heteroatoms. The van der Waals surface area contributed by atoms with Crippen LogP contribution in [0.15, 0.2) is 16.6 Å². The second-order valence-corrected chi connectivity index (χ2v) is 3.89. The Bertz CT molecular complexity index is 204. The molecule has 0 unspecified atom stereocenters. The number of hydrogen-bond donors (Lipinski definition) is 1. The van der Waals surface area contributed by atoms with Crippen molar-refractivity contribution >= 4 is 5.84 Å². The first-order chi connectivity index (χ1) is 6.45. The molecule has 2 aliphatic rings. The van der Waals surface area contributed by atoms with E-state index in [1.165, 1.54) is 37.9 Å². The summed E-state index contributed by atoms with van der Waals surface area (Å²) in [6.07, 6.45) is 10.0. The van der Waals surface area contributed by atoms with E-state index in [4.69, 9.17) is 0 Å². The highest BCUT2D eigenvalue weighted by Crippen LogP contribution is 2.20. The SMILES string of the molecule is C1=C(CC2=NCCCN2)CCCC1. The van der Waals surface area contributed by atoms with E-state index in [-0.39, 0.29) is 0 Å². The van der Waals surface area contributed by atoms with E-state index in [1.54, 1.807) is 5.57 Å². The Hall–Kier alpha value is -0.790. The van der Waals surface area contributed by atoms with Crippen LogP contribution in [0.25, 0.3) is 0 Å². The van der Waals surface area contributed by atoms with Crippen molar-refractivity contribution in [2.24, 2.45) is 4.99 Å². The third-order valence-electron chi connectivity index (χ3n) is 2.75.